The first-order chi connectivity index (χ1) is 46.2. The molecule has 0 atom stereocenters. The number of anilines is 3. The fourth-order valence-electron chi connectivity index (χ4n) is 12.6. The van der Waals surface area contributed by atoms with E-state index in [0.717, 1.165) is 17.9 Å². The zero-order valence-electron chi connectivity index (χ0n) is 54.7. The Kier molecular flexibility index (Phi) is 22.3. The van der Waals surface area contributed by atoms with E-state index >= 15 is 0 Å². The molecule has 1 aromatic heterocycles. The number of likely N-dealkylation sites (N-methyl/N-ethyl adjacent to an activating group) is 3. The molecule has 3 aliphatic rings. The summed E-state index contributed by atoms with van der Waals surface area (Å²) in [4.78, 5) is 54.3. The maximum atomic E-state index is 13.4. The Morgan fingerprint density at radius 1 is 0.490 bits per heavy atom. The van der Waals surface area contributed by atoms with E-state index in [9.17, 15) is 54.9 Å². The first-order valence-corrected chi connectivity index (χ1v) is 32.0. The summed E-state index contributed by atoms with van der Waals surface area (Å²) in [5, 5.41) is 105. The predicted octanol–water partition coefficient (Wildman–Crippen LogP) is 14.0. The van der Waals surface area contributed by atoms with Gasteiger partial charge in [0, 0.05) is 95.8 Å². The van der Waals surface area contributed by atoms with E-state index in [-0.39, 0.29) is 73.3 Å². The Hall–Kier alpha value is -10.2. The molecule has 510 valence electrons. The molecule has 12 rings (SSSR count). The third-order valence-electron chi connectivity index (χ3n) is 16.9. The summed E-state index contributed by atoms with van der Waals surface area (Å²) in [5.74, 6) is 2.67. The Morgan fingerprint density at radius 2 is 0.857 bits per heavy atom. The normalized spacial score (nSPS) is 14.1. The number of carbonyl (C=O) groups excluding carboxylic acids is 4. The van der Waals surface area contributed by atoms with E-state index in [2.05, 4.69) is 37.2 Å². The largest absolute Gasteiger partial charge is 0.507 e. The molecule has 9 aromatic rings. The van der Waals surface area contributed by atoms with E-state index in [1.165, 1.54) is 20.8 Å². The van der Waals surface area contributed by atoms with Crippen LogP contribution in [0.15, 0.2) is 110 Å². The highest BCUT2D eigenvalue weighted by molar-refractivity contribution is 6.56. The second-order valence-electron chi connectivity index (χ2n) is 23.1. The number of nitrogens with two attached hydrogens (primary N) is 2. The Labute approximate surface area is 582 Å². The van der Waals surface area contributed by atoms with Gasteiger partial charge in [-0.1, -0.05) is 86.2 Å². The number of hydrogen-bond acceptors (Lipinski definition) is 19. The van der Waals surface area contributed by atoms with E-state index in [1.54, 1.807) is 91.2 Å². The van der Waals surface area contributed by atoms with Crippen molar-refractivity contribution in [2.75, 3.05) is 34.3 Å². The van der Waals surface area contributed by atoms with Crippen LogP contribution in [0.1, 0.15) is 122 Å². The van der Waals surface area contributed by atoms with Crippen LogP contribution in [0.3, 0.4) is 0 Å². The minimum Gasteiger partial charge on any atom is -0.507 e. The van der Waals surface area contributed by atoms with Gasteiger partial charge in [0.15, 0.2) is 40.1 Å². The standard InChI is InChI=1S/C50H46Cl2N6O8.C10H10ClN3O.C10H8ClNO2.H4N2.H2O/c1-9-57-33-13-11-25(51)17-27(33)41(49(57)65)55-53-19-31-39-29(35(21(3)4)47(63)43(31)59)15-23(7)37(45(39)61)38-24(8)16-30-36(22(5)6)48(64)44(60)32(40(30)46(38)62)20-54-56-42-28-18-26(52)12-14-34(28)58(10-2)50(42)66;1-2-14-8-4-3-6(11)5-7(8)9(13-12)10(14)15;1-2-12-8-4-3-6(11)5-7(8)9(13)10(12)14;1-2;/h11-22,59-64H,9-10H2,1-8H3;3-5,12,15H,2H2,1H3;3-5H,2H2,1H3;1-2H2;1H2/b53-19+,54-20+,55-41-,56-42+;;;;. The topological polar surface area (TPSA) is 394 Å². The molecule has 28 heteroatoms. The molecule has 0 fully saturated rings. The smallest absolute Gasteiger partial charge is 0.299 e. The van der Waals surface area contributed by atoms with Crippen molar-refractivity contribution in [2.24, 2.45) is 37.2 Å². The first kappa shape index (κ1) is 73.6. The lowest BCUT2D eigenvalue weighted by molar-refractivity contribution is -0.114. The minimum absolute atomic E-state index is 0. The van der Waals surface area contributed by atoms with E-state index in [4.69, 9.17) is 51.9 Å². The molecule has 4 heterocycles. The number of Topliss-reactive ketones (excluding diaryl/α,β-unsaturated/α-hetero) is 1. The maximum Gasteiger partial charge on any atom is 0.299 e. The van der Waals surface area contributed by atoms with Crippen LogP contribution in [-0.4, -0.2) is 113 Å². The fourth-order valence-corrected chi connectivity index (χ4v) is 13.3. The average molecular weight is 1410 g/mol. The average Bonchev–Trinajstić information content (AvgIpc) is 1.21. The molecule has 0 saturated heterocycles. The molecule has 3 amide bonds. The van der Waals surface area contributed by atoms with Crippen LogP contribution in [-0.2, 0) is 20.9 Å². The summed E-state index contributed by atoms with van der Waals surface area (Å²) in [6, 6.07) is 23.6. The lowest BCUT2D eigenvalue weighted by Crippen LogP contribution is -2.29. The highest BCUT2D eigenvalue weighted by Gasteiger charge is 2.37. The third kappa shape index (κ3) is 12.8. The van der Waals surface area contributed by atoms with Gasteiger partial charge < -0.3 is 60.5 Å². The van der Waals surface area contributed by atoms with E-state index in [1.807, 2.05) is 61.5 Å². The molecule has 0 saturated carbocycles. The number of benzene rings is 8. The van der Waals surface area contributed by atoms with Crippen molar-refractivity contribution in [3.8, 4) is 51.5 Å². The van der Waals surface area contributed by atoms with Crippen molar-refractivity contribution < 1.29 is 60.4 Å². The molecule has 14 N–H and O–H groups in total. The Bertz CT molecular complexity index is 4720. The van der Waals surface area contributed by atoms with Crippen molar-refractivity contribution in [2.45, 2.75) is 87.6 Å². The molecule has 0 aliphatic carbocycles. The van der Waals surface area contributed by atoms with Gasteiger partial charge in [0.2, 0.25) is 5.88 Å². The lowest BCUT2D eigenvalue weighted by atomic mass is 9.83. The van der Waals surface area contributed by atoms with Gasteiger partial charge in [0.1, 0.15) is 11.5 Å². The maximum absolute atomic E-state index is 13.4. The summed E-state index contributed by atoms with van der Waals surface area (Å²) in [6.07, 6.45) is 2.28. The van der Waals surface area contributed by atoms with E-state index in [0.29, 0.717) is 118 Å². The minimum atomic E-state index is -0.606. The molecule has 8 aromatic carbocycles. The molecule has 0 radical (unpaired) electrons. The molecule has 0 unspecified atom stereocenters. The summed E-state index contributed by atoms with van der Waals surface area (Å²) in [5.41, 5.74) is 13.0. The number of nitrogens with zero attached hydrogens (tertiary/aromatic N) is 9. The molecule has 0 spiro atoms. The lowest BCUT2D eigenvalue weighted by Gasteiger charge is -2.23. The van der Waals surface area contributed by atoms with Gasteiger partial charge in [0.05, 0.1) is 51.7 Å². The number of phenols is 6. The number of hydrazine groups is 1. The van der Waals surface area contributed by atoms with Crippen molar-refractivity contribution >= 4 is 149 Å². The Balaban J connectivity index is 0.000000311. The number of amides is 3. The van der Waals surface area contributed by atoms with Gasteiger partial charge in [-0.05, 0) is 148 Å². The first-order valence-electron chi connectivity index (χ1n) is 30.5. The van der Waals surface area contributed by atoms with Crippen LogP contribution in [0.5, 0.6) is 40.4 Å². The van der Waals surface area contributed by atoms with Crippen LogP contribution in [0.2, 0.25) is 20.1 Å². The van der Waals surface area contributed by atoms with Gasteiger partial charge in [-0.3, -0.25) is 30.9 Å². The summed E-state index contributed by atoms with van der Waals surface area (Å²) in [6.45, 7) is 19.9. The SMILES string of the molecule is CCN1C(=O)/C(=N\N=C\c2c(O)c(O)c(C(C)C)c3cc(C)c(-c4c(C)cc5c(C(C)C)c(O)c(O)c(/C=N/N=C6/C(=O)N(CC)c7ccc(Cl)cc76)c5c4O)c(O)c23)c2cc(Cl)ccc21.CCN1C(=O)C(=O)c2cc(Cl)ccc21.CCn1c(O)c(N=N)c2cc(Cl)ccc21.NN.O. The van der Waals surface area contributed by atoms with Gasteiger partial charge in [0.25, 0.3) is 23.5 Å². The van der Waals surface area contributed by atoms with E-state index < -0.39 is 58.0 Å². The molecular weight excluding hydrogens is 1340 g/mol. The number of phenolic OH excluding ortho intramolecular Hbond substituents is 6. The molecule has 24 nitrogen and oxygen atoms in total. The number of aromatic nitrogens is 1. The van der Waals surface area contributed by atoms with Crippen molar-refractivity contribution in [3.63, 3.8) is 0 Å². The molecule has 3 aliphatic heterocycles. The number of ketones is 1. The second-order valence-corrected chi connectivity index (χ2v) is 24.8. The van der Waals surface area contributed by atoms with Crippen LogP contribution < -0.4 is 26.4 Å². The number of aromatic hydroxyl groups is 7. The molecule has 0 bridgehead atoms. The molecule has 98 heavy (non-hydrogen) atoms. The van der Waals surface area contributed by atoms with Crippen molar-refractivity contribution in [1.82, 2.24) is 4.57 Å². The number of halogens is 4. The zero-order valence-corrected chi connectivity index (χ0v) is 57.7. The summed E-state index contributed by atoms with van der Waals surface area (Å²) < 4.78 is 1.69. The van der Waals surface area contributed by atoms with Gasteiger partial charge in [-0.2, -0.15) is 15.3 Å². The third-order valence-corrected chi connectivity index (χ3v) is 17.8. The van der Waals surface area contributed by atoms with Crippen LogP contribution in [0, 0.1) is 19.4 Å². The highest BCUT2D eigenvalue weighted by Crippen LogP contribution is 2.55. The quantitative estimate of drug-likeness (QED) is 0.0136. The summed E-state index contributed by atoms with van der Waals surface area (Å²) >= 11 is 24.2. The van der Waals surface area contributed by atoms with Crippen LogP contribution in [0.25, 0.3) is 43.6 Å². The number of hydrogen-bond donors (Lipinski definition) is 10. The second kappa shape index (κ2) is 29.7. The van der Waals surface area contributed by atoms with Crippen LogP contribution >= 0.6 is 46.4 Å². The number of nitrogens with one attached hydrogen (secondary N) is 1. The number of aryl methyl sites for hydroxylation is 3. The van der Waals surface area contributed by atoms with Crippen molar-refractivity contribution in [1.29, 1.82) is 5.53 Å². The van der Waals surface area contributed by atoms with Gasteiger partial charge >= 0.3 is 0 Å². The molecular formula is C70H70Cl4N12O12. The van der Waals surface area contributed by atoms with Crippen molar-refractivity contribution in [3.05, 3.63) is 155 Å². The Morgan fingerprint density at radius 3 is 1.23 bits per heavy atom. The number of fused-ring (bicyclic) bond motifs is 6. The van der Waals surface area contributed by atoms with Gasteiger partial charge in [-0.15, -0.1) is 10.2 Å². The fraction of sp³-hybridized carbons (Fsp3) is 0.229. The number of carbonyl (C=O) groups is 4. The summed E-state index contributed by atoms with van der Waals surface area (Å²) in [7, 11) is 0. The highest BCUT2D eigenvalue weighted by atomic mass is 35.5. The zero-order chi connectivity index (χ0) is 71.1. The van der Waals surface area contributed by atoms with Gasteiger partial charge in [-0.25, -0.2) is 5.53 Å². The predicted molar refractivity (Wildman–Crippen MR) is 387 cm³/mol. The number of rotatable bonds is 12. The van der Waals surface area contributed by atoms with Crippen LogP contribution in [0.4, 0.5) is 22.7 Å². The monoisotopic (exact) mass is 1410 g/mol.